The molecule has 1 aliphatic carbocycles. The molecule has 0 aromatic heterocycles. The number of carbonyl (C=O) groups excluding carboxylic acids is 4. The third kappa shape index (κ3) is 4.35. The first kappa shape index (κ1) is 20.8. The Labute approximate surface area is 181 Å². The van der Waals surface area contributed by atoms with Crippen molar-refractivity contribution in [2.75, 3.05) is 6.54 Å². The monoisotopic (exact) mass is 419 g/mol. The molecule has 0 unspecified atom stereocenters. The molecule has 0 bridgehead atoms. The number of aryl methyl sites for hydroxylation is 2. The van der Waals surface area contributed by atoms with Gasteiger partial charge in [-0.1, -0.05) is 48.5 Å². The van der Waals surface area contributed by atoms with Crippen LogP contribution in [0.4, 0.5) is 4.79 Å². The number of urea groups is 1. The maximum atomic E-state index is 12.6. The SMILES string of the molecule is C[C@@H](NC(=O)CN1C(=O)C(=O)N(Cc2ccccc2)C1=O)c1ccc2c(c1)CCCC2. The summed E-state index contributed by atoms with van der Waals surface area (Å²) in [4.78, 5) is 51.3. The largest absolute Gasteiger partial charge is 0.348 e. The molecule has 1 fully saturated rings. The average molecular weight is 419 g/mol. The van der Waals surface area contributed by atoms with Crippen molar-refractivity contribution in [3.8, 4) is 0 Å². The minimum Gasteiger partial charge on any atom is -0.348 e. The lowest BCUT2D eigenvalue weighted by Gasteiger charge is -2.21. The van der Waals surface area contributed by atoms with Crippen LogP contribution in [0.25, 0.3) is 0 Å². The van der Waals surface area contributed by atoms with Crippen LogP contribution in [0.1, 0.15) is 48.1 Å². The highest BCUT2D eigenvalue weighted by atomic mass is 16.2. The van der Waals surface area contributed by atoms with Crippen LogP contribution in [0.3, 0.4) is 0 Å². The molecule has 1 atom stereocenters. The molecule has 5 amide bonds. The molecular weight excluding hydrogens is 394 g/mol. The number of nitrogens with one attached hydrogen (secondary N) is 1. The second-order valence-electron chi connectivity index (χ2n) is 8.08. The zero-order valence-electron chi connectivity index (χ0n) is 17.5. The molecule has 160 valence electrons. The van der Waals surface area contributed by atoms with E-state index in [0.29, 0.717) is 4.90 Å². The summed E-state index contributed by atoms with van der Waals surface area (Å²) in [6, 6.07) is 14.1. The van der Waals surface area contributed by atoms with Crippen molar-refractivity contribution in [1.29, 1.82) is 0 Å². The number of carbonyl (C=O) groups is 4. The van der Waals surface area contributed by atoms with Gasteiger partial charge in [0.15, 0.2) is 0 Å². The van der Waals surface area contributed by atoms with Gasteiger partial charge in [-0.05, 0) is 54.9 Å². The van der Waals surface area contributed by atoms with E-state index in [2.05, 4.69) is 17.4 Å². The van der Waals surface area contributed by atoms with Gasteiger partial charge in [-0.15, -0.1) is 0 Å². The van der Waals surface area contributed by atoms with Crippen molar-refractivity contribution >= 4 is 23.8 Å². The van der Waals surface area contributed by atoms with Crippen LogP contribution < -0.4 is 5.32 Å². The number of hydrogen-bond acceptors (Lipinski definition) is 4. The second-order valence-corrected chi connectivity index (χ2v) is 8.08. The third-order valence-corrected chi connectivity index (χ3v) is 5.87. The predicted molar refractivity (Wildman–Crippen MR) is 114 cm³/mol. The van der Waals surface area contributed by atoms with Crippen molar-refractivity contribution in [2.24, 2.45) is 0 Å². The van der Waals surface area contributed by atoms with Crippen LogP contribution in [0.5, 0.6) is 0 Å². The summed E-state index contributed by atoms with van der Waals surface area (Å²) in [5.74, 6) is -2.37. The minimum absolute atomic E-state index is 0.00606. The first-order chi connectivity index (χ1) is 14.9. The number of rotatable bonds is 6. The zero-order chi connectivity index (χ0) is 22.0. The van der Waals surface area contributed by atoms with E-state index >= 15 is 0 Å². The van der Waals surface area contributed by atoms with Crippen molar-refractivity contribution in [3.63, 3.8) is 0 Å². The van der Waals surface area contributed by atoms with Crippen molar-refractivity contribution in [1.82, 2.24) is 15.1 Å². The normalized spacial score (nSPS) is 17.0. The Balaban J connectivity index is 1.39. The van der Waals surface area contributed by atoms with E-state index in [9.17, 15) is 19.2 Å². The minimum atomic E-state index is -0.975. The van der Waals surface area contributed by atoms with Gasteiger partial charge in [0.1, 0.15) is 6.54 Å². The van der Waals surface area contributed by atoms with E-state index in [1.54, 1.807) is 24.3 Å². The Morgan fingerprint density at radius 2 is 1.61 bits per heavy atom. The summed E-state index contributed by atoms with van der Waals surface area (Å²) in [7, 11) is 0. The average Bonchev–Trinajstić information content (AvgIpc) is 2.97. The summed E-state index contributed by atoms with van der Waals surface area (Å²) in [6.45, 7) is 1.38. The molecular formula is C24H25N3O4. The third-order valence-electron chi connectivity index (χ3n) is 5.87. The molecule has 7 heteroatoms. The first-order valence-corrected chi connectivity index (χ1v) is 10.6. The smallest absolute Gasteiger partial charge is 0.335 e. The van der Waals surface area contributed by atoms with Crippen LogP contribution in [0.2, 0.25) is 0 Å². The highest BCUT2D eigenvalue weighted by Crippen LogP contribution is 2.25. The molecule has 31 heavy (non-hydrogen) atoms. The molecule has 1 N–H and O–H groups in total. The van der Waals surface area contributed by atoms with Crippen LogP contribution >= 0.6 is 0 Å². The standard InChI is InChI=1S/C24H25N3O4/c1-16(19-12-11-18-9-5-6-10-20(18)13-19)25-21(28)15-27-23(30)22(29)26(24(27)31)14-17-7-3-2-4-8-17/h2-4,7-8,11-13,16H,5-6,9-10,14-15H2,1H3,(H,25,28)/t16-/m1/s1. The molecule has 2 aromatic carbocycles. The van der Waals surface area contributed by atoms with Gasteiger partial charge < -0.3 is 5.32 Å². The molecule has 1 aliphatic heterocycles. The topological polar surface area (TPSA) is 86.8 Å². The quantitative estimate of drug-likeness (QED) is 0.576. The van der Waals surface area contributed by atoms with E-state index in [0.717, 1.165) is 28.9 Å². The maximum Gasteiger partial charge on any atom is 0.335 e. The molecule has 2 aromatic rings. The number of nitrogens with zero attached hydrogens (tertiary/aromatic N) is 2. The number of amides is 5. The highest BCUT2D eigenvalue weighted by Gasteiger charge is 2.45. The Bertz CT molecular complexity index is 1030. The van der Waals surface area contributed by atoms with Gasteiger partial charge in [0.05, 0.1) is 12.6 Å². The number of imide groups is 2. The number of hydrogen-bond donors (Lipinski definition) is 1. The molecule has 1 saturated heterocycles. The van der Waals surface area contributed by atoms with Gasteiger partial charge in [-0.2, -0.15) is 0 Å². The van der Waals surface area contributed by atoms with E-state index in [1.165, 1.54) is 24.0 Å². The Morgan fingerprint density at radius 3 is 2.35 bits per heavy atom. The first-order valence-electron chi connectivity index (χ1n) is 10.6. The Hall–Kier alpha value is -3.48. The van der Waals surface area contributed by atoms with Crippen LogP contribution in [0, 0.1) is 0 Å². The molecule has 2 aliphatic rings. The lowest BCUT2D eigenvalue weighted by molar-refractivity contribution is -0.144. The van der Waals surface area contributed by atoms with Gasteiger partial charge in [0, 0.05) is 0 Å². The molecule has 0 radical (unpaired) electrons. The Kier molecular flexibility index (Phi) is 5.84. The zero-order valence-corrected chi connectivity index (χ0v) is 17.5. The van der Waals surface area contributed by atoms with Crippen molar-refractivity contribution in [2.45, 2.75) is 45.2 Å². The molecule has 0 spiro atoms. The van der Waals surface area contributed by atoms with Gasteiger partial charge in [0.25, 0.3) is 0 Å². The summed E-state index contributed by atoms with van der Waals surface area (Å²) >= 11 is 0. The van der Waals surface area contributed by atoms with Crippen molar-refractivity contribution < 1.29 is 19.2 Å². The van der Waals surface area contributed by atoms with E-state index < -0.39 is 30.3 Å². The fourth-order valence-electron chi connectivity index (χ4n) is 4.13. The Morgan fingerprint density at radius 1 is 0.935 bits per heavy atom. The fraction of sp³-hybridized carbons (Fsp3) is 0.333. The van der Waals surface area contributed by atoms with Gasteiger partial charge >= 0.3 is 17.8 Å². The number of fused-ring (bicyclic) bond motifs is 1. The lowest BCUT2D eigenvalue weighted by Crippen LogP contribution is -2.42. The van der Waals surface area contributed by atoms with E-state index in [4.69, 9.17) is 0 Å². The molecule has 7 nitrogen and oxygen atoms in total. The predicted octanol–water partition coefficient (Wildman–Crippen LogP) is 2.73. The van der Waals surface area contributed by atoms with E-state index in [1.807, 2.05) is 19.1 Å². The summed E-state index contributed by atoms with van der Waals surface area (Å²) in [5, 5.41) is 2.84. The van der Waals surface area contributed by atoms with Crippen LogP contribution in [-0.4, -0.2) is 40.1 Å². The lowest BCUT2D eigenvalue weighted by atomic mass is 9.89. The summed E-state index contributed by atoms with van der Waals surface area (Å²) in [6.07, 6.45) is 4.50. The van der Waals surface area contributed by atoms with Crippen molar-refractivity contribution in [3.05, 3.63) is 70.8 Å². The van der Waals surface area contributed by atoms with Crippen LogP contribution in [0.15, 0.2) is 48.5 Å². The van der Waals surface area contributed by atoms with E-state index in [-0.39, 0.29) is 12.6 Å². The number of benzene rings is 2. The summed E-state index contributed by atoms with van der Waals surface area (Å²) in [5.41, 5.74) is 4.38. The fourth-order valence-corrected chi connectivity index (χ4v) is 4.13. The maximum absolute atomic E-state index is 12.6. The van der Waals surface area contributed by atoms with Gasteiger partial charge in [-0.3, -0.25) is 19.3 Å². The molecule has 0 saturated carbocycles. The van der Waals surface area contributed by atoms with Gasteiger partial charge in [-0.25, -0.2) is 9.69 Å². The highest BCUT2D eigenvalue weighted by molar-refractivity contribution is 6.44. The molecule has 1 heterocycles. The summed E-state index contributed by atoms with van der Waals surface area (Å²) < 4.78 is 0. The van der Waals surface area contributed by atoms with Gasteiger partial charge in [0.2, 0.25) is 5.91 Å². The van der Waals surface area contributed by atoms with Crippen LogP contribution in [-0.2, 0) is 33.8 Å². The second kappa shape index (κ2) is 8.71. The molecule has 4 rings (SSSR count).